The molecule has 126 valence electrons. The van der Waals surface area contributed by atoms with E-state index in [9.17, 15) is 0 Å². The lowest BCUT2D eigenvalue weighted by Gasteiger charge is -2.11. The molecule has 3 rings (SSSR count). The Balaban J connectivity index is 2.02. The molecule has 0 unspecified atom stereocenters. The van der Waals surface area contributed by atoms with Crippen LogP contribution in [0.5, 0.6) is 11.5 Å². The van der Waals surface area contributed by atoms with Gasteiger partial charge < -0.3 is 9.47 Å². The largest absolute Gasteiger partial charge is 0.497 e. The second-order valence-corrected chi connectivity index (χ2v) is 5.76. The van der Waals surface area contributed by atoms with Crippen LogP contribution in [0.1, 0.15) is 12.5 Å². The smallest absolute Gasteiger partial charge is 0.118 e. The summed E-state index contributed by atoms with van der Waals surface area (Å²) in [5, 5.41) is 0. The van der Waals surface area contributed by atoms with Gasteiger partial charge in [0.15, 0.2) is 0 Å². The Kier molecular flexibility index (Phi) is 5.20. The Labute approximate surface area is 149 Å². The quantitative estimate of drug-likeness (QED) is 0.565. The van der Waals surface area contributed by atoms with E-state index < -0.39 is 0 Å². The van der Waals surface area contributed by atoms with Crippen molar-refractivity contribution >= 4 is 6.08 Å². The summed E-state index contributed by atoms with van der Waals surface area (Å²) < 4.78 is 10.5. The Hall–Kier alpha value is -3.00. The van der Waals surface area contributed by atoms with E-state index in [1.165, 1.54) is 27.8 Å². The van der Waals surface area contributed by atoms with Crippen LogP contribution in [-0.4, -0.2) is 14.2 Å². The maximum Gasteiger partial charge on any atom is 0.118 e. The zero-order chi connectivity index (χ0) is 17.6. The number of allylic oxidation sites excluding steroid dienone is 1. The summed E-state index contributed by atoms with van der Waals surface area (Å²) in [5.74, 6) is 1.73. The van der Waals surface area contributed by atoms with Crippen LogP contribution < -0.4 is 9.47 Å². The van der Waals surface area contributed by atoms with Crippen LogP contribution in [0, 0.1) is 0 Å². The molecule has 0 spiro atoms. The van der Waals surface area contributed by atoms with Gasteiger partial charge in [0.1, 0.15) is 11.5 Å². The first-order chi connectivity index (χ1) is 12.2. The van der Waals surface area contributed by atoms with Crippen molar-refractivity contribution < 1.29 is 9.47 Å². The molecule has 2 heteroatoms. The van der Waals surface area contributed by atoms with Crippen molar-refractivity contribution in [3.05, 3.63) is 78.4 Å². The predicted molar refractivity (Wildman–Crippen MR) is 105 cm³/mol. The first kappa shape index (κ1) is 16.8. The SMILES string of the molecule is C/C=C/c1cc(-c2ccc(OC)cc2)ccc1-c1ccc(OC)cc1. The van der Waals surface area contributed by atoms with Gasteiger partial charge >= 0.3 is 0 Å². The minimum absolute atomic E-state index is 0.867. The lowest BCUT2D eigenvalue weighted by Crippen LogP contribution is -1.88. The van der Waals surface area contributed by atoms with Crippen molar-refractivity contribution in [3.63, 3.8) is 0 Å². The van der Waals surface area contributed by atoms with Crippen molar-refractivity contribution in [1.82, 2.24) is 0 Å². The van der Waals surface area contributed by atoms with Gasteiger partial charge in [0, 0.05) is 0 Å². The van der Waals surface area contributed by atoms with E-state index in [0.717, 1.165) is 11.5 Å². The van der Waals surface area contributed by atoms with Crippen LogP contribution in [-0.2, 0) is 0 Å². The molecule has 0 fully saturated rings. The summed E-state index contributed by atoms with van der Waals surface area (Å²) in [6.45, 7) is 2.04. The van der Waals surface area contributed by atoms with Gasteiger partial charge in [-0.2, -0.15) is 0 Å². The van der Waals surface area contributed by atoms with Gasteiger partial charge in [0.25, 0.3) is 0 Å². The van der Waals surface area contributed by atoms with Crippen molar-refractivity contribution in [2.24, 2.45) is 0 Å². The summed E-state index contributed by atoms with van der Waals surface area (Å²) in [6.07, 6.45) is 4.22. The topological polar surface area (TPSA) is 18.5 Å². The van der Waals surface area contributed by atoms with Gasteiger partial charge in [-0.25, -0.2) is 0 Å². The summed E-state index contributed by atoms with van der Waals surface area (Å²) in [7, 11) is 3.37. The second-order valence-electron chi connectivity index (χ2n) is 5.76. The summed E-state index contributed by atoms with van der Waals surface area (Å²) in [4.78, 5) is 0. The third-order valence-electron chi connectivity index (χ3n) is 4.22. The highest BCUT2D eigenvalue weighted by Crippen LogP contribution is 2.31. The van der Waals surface area contributed by atoms with Crippen LogP contribution in [0.25, 0.3) is 28.3 Å². The number of benzene rings is 3. The third kappa shape index (κ3) is 3.74. The van der Waals surface area contributed by atoms with Crippen molar-refractivity contribution in [1.29, 1.82) is 0 Å². The third-order valence-corrected chi connectivity index (χ3v) is 4.22. The molecule has 3 aromatic carbocycles. The average molecular weight is 330 g/mol. The van der Waals surface area contributed by atoms with E-state index in [2.05, 4.69) is 54.6 Å². The molecule has 25 heavy (non-hydrogen) atoms. The Morgan fingerprint density at radius 1 is 0.640 bits per heavy atom. The molecular weight excluding hydrogens is 308 g/mol. The van der Waals surface area contributed by atoms with E-state index in [0.29, 0.717) is 0 Å². The molecule has 0 heterocycles. The maximum atomic E-state index is 5.25. The molecule has 0 N–H and O–H groups in total. The molecule has 0 bridgehead atoms. The lowest BCUT2D eigenvalue weighted by molar-refractivity contribution is 0.415. The molecule has 3 aromatic rings. The van der Waals surface area contributed by atoms with Crippen molar-refractivity contribution in [2.45, 2.75) is 6.92 Å². The Morgan fingerprint density at radius 2 is 1.16 bits per heavy atom. The molecule has 0 saturated heterocycles. The average Bonchev–Trinajstić information content (AvgIpc) is 2.68. The zero-order valence-electron chi connectivity index (χ0n) is 14.8. The van der Waals surface area contributed by atoms with Gasteiger partial charge in [-0.3, -0.25) is 0 Å². The van der Waals surface area contributed by atoms with Crippen LogP contribution in [0.4, 0.5) is 0 Å². The molecule has 0 aromatic heterocycles. The lowest BCUT2D eigenvalue weighted by atomic mass is 9.94. The Bertz CT molecular complexity index is 860. The van der Waals surface area contributed by atoms with Crippen LogP contribution in [0.15, 0.2) is 72.8 Å². The highest BCUT2D eigenvalue weighted by Gasteiger charge is 2.07. The van der Waals surface area contributed by atoms with E-state index in [-0.39, 0.29) is 0 Å². The minimum Gasteiger partial charge on any atom is -0.497 e. The summed E-state index contributed by atoms with van der Waals surface area (Å²) >= 11 is 0. The van der Waals surface area contributed by atoms with Gasteiger partial charge in [-0.05, 0) is 65.1 Å². The minimum atomic E-state index is 0.867. The predicted octanol–water partition coefficient (Wildman–Crippen LogP) is 6.07. The molecule has 0 aliphatic rings. The molecule has 0 radical (unpaired) electrons. The second kappa shape index (κ2) is 7.71. The van der Waals surface area contributed by atoms with Crippen LogP contribution in [0.3, 0.4) is 0 Å². The molecule has 0 aliphatic carbocycles. The molecule has 0 aliphatic heterocycles. The number of ether oxygens (including phenoxy) is 2. The van der Waals surface area contributed by atoms with Gasteiger partial charge in [-0.1, -0.05) is 48.6 Å². The zero-order valence-corrected chi connectivity index (χ0v) is 14.8. The highest BCUT2D eigenvalue weighted by molar-refractivity contribution is 5.80. The summed E-state index contributed by atoms with van der Waals surface area (Å²) in [5.41, 5.74) is 5.94. The first-order valence-electron chi connectivity index (χ1n) is 8.30. The number of hydrogen-bond donors (Lipinski definition) is 0. The number of methoxy groups -OCH3 is 2. The maximum absolute atomic E-state index is 5.25. The fraction of sp³-hybridized carbons (Fsp3) is 0.130. The number of rotatable bonds is 5. The van der Waals surface area contributed by atoms with Gasteiger partial charge in [-0.15, -0.1) is 0 Å². The normalized spacial score (nSPS) is 10.8. The molecule has 0 amide bonds. The Morgan fingerprint density at radius 3 is 1.68 bits per heavy atom. The van der Waals surface area contributed by atoms with Gasteiger partial charge in [0.2, 0.25) is 0 Å². The van der Waals surface area contributed by atoms with E-state index in [1.807, 2.05) is 31.2 Å². The van der Waals surface area contributed by atoms with Crippen LogP contribution >= 0.6 is 0 Å². The molecular formula is C23H22O2. The first-order valence-corrected chi connectivity index (χ1v) is 8.30. The van der Waals surface area contributed by atoms with Crippen molar-refractivity contribution in [3.8, 4) is 33.8 Å². The molecule has 0 atom stereocenters. The monoisotopic (exact) mass is 330 g/mol. The van der Waals surface area contributed by atoms with E-state index >= 15 is 0 Å². The van der Waals surface area contributed by atoms with Gasteiger partial charge in [0.05, 0.1) is 14.2 Å². The standard InChI is InChI=1S/C23H22O2/c1-4-5-20-16-19(17-6-11-21(24-2)12-7-17)10-15-23(20)18-8-13-22(25-3)14-9-18/h4-16H,1-3H3/b5-4+. The number of hydrogen-bond acceptors (Lipinski definition) is 2. The van der Waals surface area contributed by atoms with E-state index in [4.69, 9.17) is 9.47 Å². The van der Waals surface area contributed by atoms with E-state index in [1.54, 1.807) is 14.2 Å². The van der Waals surface area contributed by atoms with Crippen molar-refractivity contribution in [2.75, 3.05) is 14.2 Å². The highest BCUT2D eigenvalue weighted by atomic mass is 16.5. The fourth-order valence-corrected chi connectivity index (χ4v) is 2.88. The van der Waals surface area contributed by atoms with Crippen LogP contribution in [0.2, 0.25) is 0 Å². The molecule has 2 nitrogen and oxygen atoms in total. The fourth-order valence-electron chi connectivity index (χ4n) is 2.88. The summed E-state index contributed by atoms with van der Waals surface area (Å²) in [6, 6.07) is 22.9. The molecule has 0 saturated carbocycles.